The zero-order chi connectivity index (χ0) is 10.6. The van der Waals surface area contributed by atoms with Crippen molar-refractivity contribution >= 4 is 23.2 Å². The van der Waals surface area contributed by atoms with E-state index in [1.165, 1.54) is 6.07 Å². The van der Waals surface area contributed by atoms with Crippen LogP contribution in [0.5, 0.6) is 0 Å². The van der Waals surface area contributed by atoms with E-state index in [1.54, 1.807) is 6.07 Å². The van der Waals surface area contributed by atoms with Crippen LogP contribution in [-0.2, 0) is 6.42 Å². The molecule has 1 rings (SSSR count). The molecule has 0 saturated carbocycles. The molecule has 0 aliphatic heterocycles. The maximum Gasteiger partial charge on any atom is 0.142 e. The third kappa shape index (κ3) is 3.14. The second-order valence-electron chi connectivity index (χ2n) is 3.26. The molecule has 0 aromatic heterocycles. The maximum atomic E-state index is 13.0. The van der Waals surface area contributed by atoms with Crippen molar-refractivity contribution in [2.24, 2.45) is 0 Å². The van der Waals surface area contributed by atoms with Crippen molar-refractivity contribution in [1.82, 2.24) is 0 Å². The fourth-order valence-electron chi connectivity index (χ4n) is 1.26. The summed E-state index contributed by atoms with van der Waals surface area (Å²) in [5.74, 6) is -0.355. The molecule has 1 aromatic rings. The highest BCUT2D eigenvalue weighted by atomic mass is 35.5. The molecule has 1 unspecified atom stereocenters. The summed E-state index contributed by atoms with van der Waals surface area (Å²) in [7, 11) is 0. The Labute approximate surface area is 94.0 Å². The van der Waals surface area contributed by atoms with E-state index in [0.717, 1.165) is 24.8 Å². The lowest BCUT2D eigenvalue weighted by Crippen LogP contribution is -1.99. The molecular formula is C11H13Cl2F. The summed E-state index contributed by atoms with van der Waals surface area (Å²) < 4.78 is 13.0. The fraction of sp³-hybridized carbons (Fsp3) is 0.455. The van der Waals surface area contributed by atoms with Crippen molar-refractivity contribution in [2.75, 3.05) is 0 Å². The van der Waals surface area contributed by atoms with Crippen LogP contribution in [-0.4, -0.2) is 5.38 Å². The molecule has 0 heterocycles. The van der Waals surface area contributed by atoms with Crippen LogP contribution in [0.1, 0.15) is 25.3 Å². The zero-order valence-electron chi connectivity index (χ0n) is 8.06. The van der Waals surface area contributed by atoms with E-state index in [0.29, 0.717) is 0 Å². The van der Waals surface area contributed by atoms with E-state index in [1.807, 2.05) is 13.0 Å². The molecular weight excluding hydrogens is 222 g/mol. The van der Waals surface area contributed by atoms with Crippen LogP contribution in [0.3, 0.4) is 0 Å². The average Bonchev–Trinajstić information content (AvgIpc) is 2.20. The molecule has 0 N–H and O–H groups in total. The highest BCUT2D eigenvalue weighted by Crippen LogP contribution is 2.22. The Bertz CT molecular complexity index is 299. The summed E-state index contributed by atoms with van der Waals surface area (Å²) >= 11 is 11.8. The quantitative estimate of drug-likeness (QED) is 0.677. The minimum absolute atomic E-state index is 0.148. The lowest BCUT2D eigenvalue weighted by atomic mass is 10.1. The molecule has 0 amide bonds. The van der Waals surface area contributed by atoms with Crippen LogP contribution in [0.15, 0.2) is 18.2 Å². The standard InChI is InChI=1S/C11H13Cl2F/c1-2-9(12)7-6-8-4-3-5-10(14)11(8)13/h3-5,9H,2,6-7H2,1H3. The molecule has 1 aromatic carbocycles. The van der Waals surface area contributed by atoms with Gasteiger partial charge in [0.25, 0.3) is 0 Å². The minimum atomic E-state index is -0.355. The predicted molar refractivity (Wildman–Crippen MR) is 59.7 cm³/mol. The molecule has 0 nitrogen and oxygen atoms in total. The molecule has 1 atom stereocenters. The van der Waals surface area contributed by atoms with Crippen LogP contribution < -0.4 is 0 Å². The van der Waals surface area contributed by atoms with Crippen LogP contribution in [0.2, 0.25) is 5.02 Å². The molecule has 0 aliphatic carbocycles. The Morgan fingerprint density at radius 2 is 2.14 bits per heavy atom. The summed E-state index contributed by atoms with van der Waals surface area (Å²) in [6, 6.07) is 4.88. The molecule has 3 heteroatoms. The Morgan fingerprint density at radius 3 is 2.79 bits per heavy atom. The Hall–Kier alpha value is -0.270. The normalized spacial score (nSPS) is 12.9. The highest BCUT2D eigenvalue weighted by molar-refractivity contribution is 6.31. The van der Waals surface area contributed by atoms with Crippen LogP contribution in [0.4, 0.5) is 4.39 Å². The second-order valence-corrected chi connectivity index (χ2v) is 4.25. The monoisotopic (exact) mass is 234 g/mol. The summed E-state index contributed by atoms with van der Waals surface area (Å²) in [4.78, 5) is 0. The van der Waals surface area contributed by atoms with Crippen molar-refractivity contribution in [3.63, 3.8) is 0 Å². The summed E-state index contributed by atoms with van der Waals surface area (Å²) in [6.45, 7) is 2.03. The van der Waals surface area contributed by atoms with Gasteiger partial charge in [0.15, 0.2) is 0 Å². The van der Waals surface area contributed by atoms with Crippen molar-refractivity contribution in [2.45, 2.75) is 31.6 Å². The number of benzene rings is 1. The topological polar surface area (TPSA) is 0 Å². The zero-order valence-corrected chi connectivity index (χ0v) is 9.58. The van der Waals surface area contributed by atoms with Gasteiger partial charge < -0.3 is 0 Å². The van der Waals surface area contributed by atoms with Crippen LogP contribution in [0.25, 0.3) is 0 Å². The molecule has 0 radical (unpaired) electrons. The lowest BCUT2D eigenvalue weighted by molar-refractivity contribution is 0.624. The van der Waals surface area contributed by atoms with E-state index >= 15 is 0 Å². The Balaban J connectivity index is 2.63. The largest absolute Gasteiger partial charge is 0.205 e. The van der Waals surface area contributed by atoms with Gasteiger partial charge in [-0.15, -0.1) is 11.6 Å². The van der Waals surface area contributed by atoms with Gasteiger partial charge in [-0.3, -0.25) is 0 Å². The van der Waals surface area contributed by atoms with E-state index in [2.05, 4.69) is 0 Å². The van der Waals surface area contributed by atoms with Gasteiger partial charge in [-0.2, -0.15) is 0 Å². The van der Waals surface area contributed by atoms with E-state index in [4.69, 9.17) is 23.2 Å². The first kappa shape index (κ1) is 11.8. The molecule has 0 spiro atoms. The molecule has 0 fully saturated rings. The number of rotatable bonds is 4. The first-order chi connectivity index (χ1) is 6.65. The van der Waals surface area contributed by atoms with Crippen molar-refractivity contribution in [1.29, 1.82) is 0 Å². The van der Waals surface area contributed by atoms with Gasteiger partial charge in [0.1, 0.15) is 5.82 Å². The maximum absolute atomic E-state index is 13.0. The van der Waals surface area contributed by atoms with Crippen LogP contribution in [0, 0.1) is 5.82 Å². The van der Waals surface area contributed by atoms with Gasteiger partial charge in [0.05, 0.1) is 5.02 Å². The SMILES string of the molecule is CCC(Cl)CCc1cccc(F)c1Cl. The predicted octanol–water partition coefficient (Wildman–Crippen LogP) is 4.43. The second kappa shape index (κ2) is 5.57. The molecule has 0 bridgehead atoms. The number of hydrogen-bond donors (Lipinski definition) is 0. The van der Waals surface area contributed by atoms with E-state index in [-0.39, 0.29) is 16.2 Å². The number of hydrogen-bond acceptors (Lipinski definition) is 0. The fourth-order valence-corrected chi connectivity index (χ4v) is 1.59. The summed E-state index contributed by atoms with van der Waals surface area (Å²) in [5, 5.41) is 0.377. The first-order valence-electron chi connectivity index (χ1n) is 4.72. The smallest absolute Gasteiger partial charge is 0.142 e. The minimum Gasteiger partial charge on any atom is -0.205 e. The summed E-state index contributed by atoms with van der Waals surface area (Å²) in [5.41, 5.74) is 0.839. The van der Waals surface area contributed by atoms with Gasteiger partial charge in [0.2, 0.25) is 0 Å². The third-order valence-corrected chi connectivity index (χ3v) is 3.15. The van der Waals surface area contributed by atoms with E-state index < -0.39 is 0 Å². The molecule has 0 saturated heterocycles. The van der Waals surface area contributed by atoms with Gasteiger partial charge in [-0.05, 0) is 30.9 Å². The van der Waals surface area contributed by atoms with Crippen molar-refractivity contribution < 1.29 is 4.39 Å². The van der Waals surface area contributed by atoms with Crippen LogP contribution >= 0.6 is 23.2 Å². The van der Waals surface area contributed by atoms with Gasteiger partial charge in [-0.1, -0.05) is 30.7 Å². The highest BCUT2D eigenvalue weighted by Gasteiger charge is 2.07. The number of alkyl halides is 1. The average molecular weight is 235 g/mol. The summed E-state index contributed by atoms with van der Waals surface area (Å²) in [6.07, 6.45) is 2.49. The Kier molecular flexibility index (Phi) is 4.70. The molecule has 14 heavy (non-hydrogen) atoms. The van der Waals surface area contributed by atoms with E-state index in [9.17, 15) is 4.39 Å². The molecule has 78 valence electrons. The van der Waals surface area contributed by atoms with Gasteiger partial charge in [-0.25, -0.2) is 4.39 Å². The first-order valence-corrected chi connectivity index (χ1v) is 5.53. The van der Waals surface area contributed by atoms with Gasteiger partial charge >= 0.3 is 0 Å². The van der Waals surface area contributed by atoms with Crippen molar-refractivity contribution in [3.05, 3.63) is 34.6 Å². The number of halogens is 3. The van der Waals surface area contributed by atoms with Gasteiger partial charge in [0, 0.05) is 5.38 Å². The lowest BCUT2D eigenvalue weighted by Gasteiger charge is -2.07. The number of aryl methyl sites for hydroxylation is 1. The molecule has 0 aliphatic rings. The Morgan fingerprint density at radius 1 is 1.43 bits per heavy atom. The van der Waals surface area contributed by atoms with Crippen molar-refractivity contribution in [3.8, 4) is 0 Å². The third-order valence-electron chi connectivity index (χ3n) is 2.20.